The van der Waals surface area contributed by atoms with E-state index < -0.39 is 22.8 Å². The van der Waals surface area contributed by atoms with Crippen molar-refractivity contribution in [1.82, 2.24) is 20.2 Å². The van der Waals surface area contributed by atoms with Crippen molar-refractivity contribution in [2.75, 3.05) is 7.05 Å². The maximum absolute atomic E-state index is 13.5. The number of carbonyl (C=O) groups excluding carboxylic acids is 2. The van der Waals surface area contributed by atoms with E-state index in [1.165, 1.54) is 42.1 Å². The molecule has 5 aromatic rings. The first kappa shape index (κ1) is 24.3. The monoisotopic (exact) mass is 522 g/mol. The Kier molecular flexibility index (Phi) is 5.83. The number of aromatic nitrogens is 2. The summed E-state index contributed by atoms with van der Waals surface area (Å²) in [4.78, 5) is 42.9. The van der Waals surface area contributed by atoms with Crippen LogP contribution in [0.3, 0.4) is 0 Å². The van der Waals surface area contributed by atoms with Gasteiger partial charge in [0.25, 0.3) is 17.4 Å². The molecule has 0 atom stereocenters. The van der Waals surface area contributed by atoms with Crippen LogP contribution >= 0.6 is 0 Å². The van der Waals surface area contributed by atoms with Gasteiger partial charge in [-0.05, 0) is 60.9 Å². The van der Waals surface area contributed by atoms with E-state index >= 15 is 0 Å². The van der Waals surface area contributed by atoms with Gasteiger partial charge in [0.05, 0.1) is 17.3 Å². The number of hydrogen-bond acceptors (Lipinski definition) is 5. The molecule has 2 heterocycles. The lowest BCUT2D eigenvalue weighted by Gasteiger charge is -2.18. The van der Waals surface area contributed by atoms with Crippen LogP contribution in [0.15, 0.2) is 94.4 Å². The van der Waals surface area contributed by atoms with Crippen LogP contribution in [0.2, 0.25) is 0 Å². The lowest BCUT2D eigenvalue weighted by molar-refractivity contribution is 0.0923. The molecule has 0 bridgehead atoms. The molecule has 3 aromatic carbocycles. The third kappa shape index (κ3) is 4.37. The third-order valence-corrected chi connectivity index (χ3v) is 6.97. The Morgan fingerprint density at radius 1 is 1.00 bits per heavy atom. The number of nitrogens with one attached hydrogen (secondary N) is 2. The molecule has 39 heavy (non-hydrogen) atoms. The predicted molar refractivity (Wildman–Crippen MR) is 143 cm³/mol. The zero-order chi connectivity index (χ0) is 27.1. The van der Waals surface area contributed by atoms with E-state index in [4.69, 9.17) is 4.42 Å². The van der Waals surface area contributed by atoms with E-state index in [1.807, 2.05) is 30.3 Å². The first-order valence-electron chi connectivity index (χ1n) is 12.4. The second kappa shape index (κ2) is 9.36. The molecular weight excluding hydrogens is 499 g/mol. The zero-order valence-electron chi connectivity index (χ0n) is 20.9. The predicted octanol–water partition coefficient (Wildman–Crippen LogP) is 4.56. The molecule has 2 amide bonds. The Hall–Kier alpha value is -5.05. The Bertz CT molecular complexity index is 1790. The van der Waals surface area contributed by atoms with Gasteiger partial charge in [0.2, 0.25) is 0 Å². The lowest BCUT2D eigenvalue weighted by Crippen LogP contribution is -2.36. The second-order valence-electron chi connectivity index (χ2n) is 9.46. The molecule has 0 aliphatic heterocycles. The largest absolute Gasteiger partial charge is 0.455 e. The summed E-state index contributed by atoms with van der Waals surface area (Å²) in [6.45, 7) is 0. The topological polar surface area (TPSA) is 106 Å². The van der Waals surface area contributed by atoms with Gasteiger partial charge < -0.3 is 15.1 Å². The molecule has 9 heteroatoms. The van der Waals surface area contributed by atoms with Gasteiger partial charge in [0.15, 0.2) is 0 Å². The molecular formula is C30H23FN4O4. The van der Waals surface area contributed by atoms with Gasteiger partial charge >= 0.3 is 0 Å². The number of benzene rings is 3. The van der Waals surface area contributed by atoms with E-state index in [1.54, 1.807) is 18.2 Å². The first-order chi connectivity index (χ1) is 18.9. The fraction of sp³-hybridized carbons (Fsp3) is 0.133. The van der Waals surface area contributed by atoms with Crippen molar-refractivity contribution in [3.8, 4) is 17.0 Å². The van der Waals surface area contributed by atoms with Crippen LogP contribution in [-0.2, 0) is 5.54 Å². The van der Waals surface area contributed by atoms with Crippen molar-refractivity contribution < 1.29 is 18.4 Å². The van der Waals surface area contributed by atoms with Crippen molar-refractivity contribution >= 4 is 22.8 Å². The summed E-state index contributed by atoms with van der Waals surface area (Å²) in [5, 5.41) is 6.15. The number of fused-ring (bicyclic) bond motifs is 1. The molecule has 1 fully saturated rings. The summed E-state index contributed by atoms with van der Waals surface area (Å²) >= 11 is 0. The summed E-state index contributed by atoms with van der Waals surface area (Å²) in [5.74, 6) is -0.923. The molecule has 0 saturated heterocycles. The van der Waals surface area contributed by atoms with Crippen LogP contribution in [0.1, 0.15) is 39.3 Å². The normalized spacial score (nSPS) is 13.7. The Labute approximate surface area is 222 Å². The highest BCUT2D eigenvalue weighted by Gasteiger charge is 2.45. The minimum atomic E-state index is -0.446. The zero-order valence-corrected chi connectivity index (χ0v) is 20.9. The number of carbonyl (C=O) groups is 2. The second-order valence-corrected chi connectivity index (χ2v) is 9.46. The number of rotatable bonds is 6. The van der Waals surface area contributed by atoms with Gasteiger partial charge in [0, 0.05) is 29.9 Å². The van der Waals surface area contributed by atoms with E-state index in [9.17, 15) is 18.8 Å². The van der Waals surface area contributed by atoms with Crippen molar-refractivity contribution in [2.45, 2.75) is 18.4 Å². The number of halogens is 1. The fourth-order valence-corrected chi connectivity index (χ4v) is 4.77. The quantitative estimate of drug-likeness (QED) is 0.340. The molecule has 0 spiro atoms. The van der Waals surface area contributed by atoms with Crippen LogP contribution in [-0.4, -0.2) is 28.4 Å². The van der Waals surface area contributed by atoms with Crippen molar-refractivity contribution in [2.24, 2.45) is 0 Å². The molecule has 2 aromatic heterocycles. The van der Waals surface area contributed by atoms with Crippen molar-refractivity contribution in [3.05, 3.63) is 118 Å². The van der Waals surface area contributed by atoms with Gasteiger partial charge in [0.1, 0.15) is 22.9 Å². The highest BCUT2D eigenvalue weighted by atomic mass is 19.1. The fourth-order valence-electron chi connectivity index (χ4n) is 4.77. The average Bonchev–Trinajstić information content (AvgIpc) is 3.65. The van der Waals surface area contributed by atoms with Crippen LogP contribution in [0, 0.1) is 5.82 Å². The third-order valence-electron chi connectivity index (χ3n) is 6.97. The molecule has 2 N–H and O–H groups in total. The van der Waals surface area contributed by atoms with Crippen molar-refractivity contribution in [1.29, 1.82) is 0 Å². The van der Waals surface area contributed by atoms with Gasteiger partial charge in [-0.1, -0.05) is 30.3 Å². The molecule has 0 radical (unpaired) electrons. The van der Waals surface area contributed by atoms with Gasteiger partial charge in [-0.25, -0.2) is 9.37 Å². The lowest BCUT2D eigenvalue weighted by atomic mass is 10.0. The van der Waals surface area contributed by atoms with Crippen LogP contribution in [0.25, 0.3) is 28.0 Å². The Morgan fingerprint density at radius 3 is 2.44 bits per heavy atom. The average molecular weight is 523 g/mol. The maximum Gasteiger partial charge on any atom is 0.273 e. The molecule has 6 rings (SSSR count). The summed E-state index contributed by atoms with van der Waals surface area (Å²) in [6.07, 6.45) is 4.12. The first-order valence-corrected chi connectivity index (χ1v) is 12.4. The van der Waals surface area contributed by atoms with E-state index in [0.717, 1.165) is 24.6 Å². The maximum atomic E-state index is 13.5. The molecule has 1 aliphatic carbocycles. The Morgan fingerprint density at radius 2 is 1.74 bits per heavy atom. The summed E-state index contributed by atoms with van der Waals surface area (Å²) in [5.41, 5.74) is 1.84. The number of amides is 2. The van der Waals surface area contributed by atoms with Gasteiger partial charge in [-0.3, -0.25) is 19.0 Å². The van der Waals surface area contributed by atoms with Gasteiger partial charge in [-0.2, -0.15) is 0 Å². The smallest absolute Gasteiger partial charge is 0.273 e. The number of furan rings is 1. The van der Waals surface area contributed by atoms with E-state index in [2.05, 4.69) is 15.6 Å². The standard InChI is InChI=1S/C30H23FN4O4/c1-32-29(38)26-22-15-21(11-12-24(22)39-27(26)18-7-9-20(31)10-8-18)35-17-23(33-16-25(35)36)28(37)34-30(13-14-30)19-5-3-2-4-6-19/h2-12,15-17H,13-14H2,1H3,(H,32,38)(H,34,37). The minimum Gasteiger partial charge on any atom is -0.455 e. The summed E-state index contributed by atoms with van der Waals surface area (Å²) < 4.78 is 20.8. The van der Waals surface area contributed by atoms with Crippen LogP contribution in [0.4, 0.5) is 4.39 Å². The Balaban J connectivity index is 1.39. The highest BCUT2D eigenvalue weighted by molar-refractivity contribution is 6.11. The van der Waals surface area contributed by atoms with Gasteiger partial charge in [-0.15, -0.1) is 0 Å². The molecule has 8 nitrogen and oxygen atoms in total. The molecule has 0 unspecified atom stereocenters. The van der Waals surface area contributed by atoms with E-state index in [-0.39, 0.29) is 22.9 Å². The molecule has 1 saturated carbocycles. The number of nitrogens with zero attached hydrogens (tertiary/aromatic N) is 2. The van der Waals surface area contributed by atoms with Crippen LogP contribution in [0.5, 0.6) is 0 Å². The number of hydrogen-bond donors (Lipinski definition) is 2. The van der Waals surface area contributed by atoms with E-state index in [0.29, 0.717) is 22.2 Å². The molecule has 1 aliphatic rings. The highest BCUT2D eigenvalue weighted by Crippen LogP contribution is 2.45. The summed E-state index contributed by atoms with van der Waals surface area (Å²) in [6, 6.07) is 20.3. The SMILES string of the molecule is CNC(=O)c1c(-c2ccc(F)cc2)oc2ccc(-n3cc(C(=O)NC4(c5ccccc5)CC4)ncc3=O)cc12. The minimum absolute atomic E-state index is 0.0858. The van der Waals surface area contributed by atoms with Crippen molar-refractivity contribution in [3.63, 3.8) is 0 Å². The molecule has 194 valence electrons. The summed E-state index contributed by atoms with van der Waals surface area (Å²) in [7, 11) is 1.50. The van der Waals surface area contributed by atoms with Crippen LogP contribution < -0.4 is 16.2 Å².